The van der Waals surface area contributed by atoms with Gasteiger partial charge < -0.3 is 20.5 Å². The zero-order valence-corrected chi connectivity index (χ0v) is 17.5. The van der Waals surface area contributed by atoms with Crippen LogP contribution in [0.15, 0.2) is 63.2 Å². The number of carbonyl (C=O) groups is 2. The molecule has 3 N–H and O–H groups in total. The number of nitrogens with one attached hydrogen (secondary N) is 2. The molecule has 2 aromatic rings. The summed E-state index contributed by atoms with van der Waals surface area (Å²) in [6.07, 6.45) is 1.56. The molecule has 0 aromatic heterocycles. The molecule has 2 amide bonds. The number of halogens is 1. The first-order chi connectivity index (χ1) is 13.9. The van der Waals surface area contributed by atoms with Crippen molar-refractivity contribution in [2.45, 2.75) is 19.9 Å². The highest BCUT2D eigenvalue weighted by Gasteiger charge is 2.31. The van der Waals surface area contributed by atoms with Crippen molar-refractivity contribution in [3.63, 3.8) is 0 Å². The lowest BCUT2D eigenvalue weighted by Crippen LogP contribution is -2.45. The Labute approximate surface area is 176 Å². The second kappa shape index (κ2) is 8.91. The van der Waals surface area contributed by atoms with Crippen molar-refractivity contribution in [1.82, 2.24) is 10.6 Å². The molecule has 0 spiro atoms. The summed E-state index contributed by atoms with van der Waals surface area (Å²) in [5.41, 5.74) is 2.79. The number of phenolic OH excluding ortho intramolecular Hbond substituents is 1. The van der Waals surface area contributed by atoms with Gasteiger partial charge in [-0.2, -0.15) is 0 Å². The first kappa shape index (κ1) is 20.6. The van der Waals surface area contributed by atoms with E-state index in [-0.39, 0.29) is 18.4 Å². The Morgan fingerprint density at radius 2 is 2.00 bits per heavy atom. The zero-order valence-electron chi connectivity index (χ0n) is 15.9. The lowest BCUT2D eigenvalue weighted by Gasteiger charge is -2.28. The maximum Gasteiger partial charge on any atom is 0.338 e. The zero-order chi connectivity index (χ0) is 21.0. The number of ether oxygens (including phenoxy) is 1. The Kier molecular flexibility index (Phi) is 6.33. The number of urea groups is 1. The van der Waals surface area contributed by atoms with E-state index in [0.717, 1.165) is 10.0 Å². The molecule has 1 aliphatic rings. The van der Waals surface area contributed by atoms with Gasteiger partial charge in [-0.05, 0) is 49.7 Å². The van der Waals surface area contributed by atoms with Gasteiger partial charge in [-0.3, -0.25) is 4.99 Å². The first-order valence-corrected chi connectivity index (χ1v) is 9.76. The molecule has 150 valence electrons. The van der Waals surface area contributed by atoms with E-state index in [1.807, 2.05) is 0 Å². The second-order valence-electron chi connectivity index (χ2n) is 6.34. The molecule has 1 unspecified atom stereocenters. The van der Waals surface area contributed by atoms with Crippen molar-refractivity contribution in [2.24, 2.45) is 4.99 Å². The minimum atomic E-state index is -0.616. The van der Waals surface area contributed by atoms with E-state index in [9.17, 15) is 14.7 Å². The highest BCUT2D eigenvalue weighted by atomic mass is 79.9. The second-order valence-corrected chi connectivity index (χ2v) is 7.26. The molecule has 3 rings (SSSR count). The molecule has 0 saturated carbocycles. The summed E-state index contributed by atoms with van der Waals surface area (Å²) in [6, 6.07) is 11.2. The minimum Gasteiger partial charge on any atom is -0.507 e. The quantitative estimate of drug-likeness (QED) is 0.464. The van der Waals surface area contributed by atoms with Gasteiger partial charge in [0.05, 0.1) is 23.9 Å². The number of benzene rings is 2. The number of allylic oxidation sites excluding steroid dienone is 1. The summed E-state index contributed by atoms with van der Waals surface area (Å²) in [6.45, 7) is 3.64. The van der Waals surface area contributed by atoms with Crippen molar-refractivity contribution in [1.29, 1.82) is 0 Å². The van der Waals surface area contributed by atoms with Gasteiger partial charge in [0.2, 0.25) is 0 Å². The Morgan fingerprint density at radius 3 is 2.69 bits per heavy atom. The highest BCUT2D eigenvalue weighted by molar-refractivity contribution is 9.10. The number of hydrogen-bond donors (Lipinski definition) is 3. The number of phenols is 1. The van der Waals surface area contributed by atoms with Crippen LogP contribution >= 0.6 is 15.9 Å². The van der Waals surface area contributed by atoms with E-state index in [1.54, 1.807) is 62.5 Å². The van der Waals surface area contributed by atoms with Crippen molar-refractivity contribution in [3.05, 3.63) is 69.3 Å². The summed E-state index contributed by atoms with van der Waals surface area (Å²) in [7, 11) is 0. The Bertz CT molecular complexity index is 999. The molecule has 0 saturated heterocycles. The summed E-state index contributed by atoms with van der Waals surface area (Å²) in [4.78, 5) is 28.6. The maximum atomic E-state index is 12.4. The van der Waals surface area contributed by atoms with Crippen molar-refractivity contribution in [2.75, 3.05) is 6.61 Å². The van der Waals surface area contributed by atoms with E-state index in [0.29, 0.717) is 22.5 Å². The van der Waals surface area contributed by atoms with E-state index < -0.39 is 12.0 Å². The third-order valence-electron chi connectivity index (χ3n) is 4.33. The average Bonchev–Trinajstić information content (AvgIpc) is 2.68. The van der Waals surface area contributed by atoms with E-state index in [4.69, 9.17) is 4.74 Å². The van der Waals surface area contributed by atoms with Crippen LogP contribution < -0.4 is 10.6 Å². The van der Waals surface area contributed by atoms with Crippen molar-refractivity contribution in [3.8, 4) is 5.75 Å². The molecular weight excluding hydrogens is 438 g/mol. The fourth-order valence-electron chi connectivity index (χ4n) is 2.95. The number of nitrogens with zero attached hydrogens (tertiary/aromatic N) is 1. The lowest BCUT2D eigenvalue weighted by molar-refractivity contribution is -0.139. The molecule has 0 bridgehead atoms. The standard InChI is InChI=1S/C21H20BrN3O4/c1-3-29-20(27)18-12(2)24-21(28)25-19(18)13-4-7-16(8-5-13)23-11-14-10-15(22)6-9-17(14)26/h4-11,19,26H,3H2,1-2H3,(H2,24,25,28). The van der Waals surface area contributed by atoms with Crippen LogP contribution in [-0.4, -0.2) is 29.9 Å². The predicted octanol–water partition coefficient (Wildman–Crippen LogP) is 4.10. The van der Waals surface area contributed by atoms with Crippen LogP contribution in [0, 0.1) is 0 Å². The number of rotatable bonds is 5. The highest BCUT2D eigenvalue weighted by Crippen LogP contribution is 2.29. The van der Waals surface area contributed by atoms with E-state index >= 15 is 0 Å². The number of aliphatic imine (C=N–C) groups is 1. The Hall–Kier alpha value is -3.13. The van der Waals surface area contributed by atoms with Crippen LogP contribution in [0.3, 0.4) is 0 Å². The molecular formula is C21H20BrN3O4. The number of hydrogen-bond acceptors (Lipinski definition) is 5. The van der Waals surface area contributed by atoms with Crippen molar-refractivity contribution < 1.29 is 19.4 Å². The SMILES string of the molecule is CCOC(=O)C1=C(C)NC(=O)NC1c1ccc(N=Cc2cc(Br)ccc2O)cc1. The molecule has 8 heteroatoms. The van der Waals surface area contributed by atoms with Crippen LogP contribution in [-0.2, 0) is 9.53 Å². The molecule has 0 fully saturated rings. The van der Waals surface area contributed by atoms with Gasteiger partial charge in [0, 0.05) is 21.9 Å². The molecule has 1 heterocycles. The van der Waals surface area contributed by atoms with E-state index in [1.165, 1.54) is 0 Å². The minimum absolute atomic E-state index is 0.130. The largest absolute Gasteiger partial charge is 0.507 e. The van der Waals surface area contributed by atoms with Crippen LogP contribution in [0.4, 0.5) is 10.5 Å². The average molecular weight is 458 g/mol. The number of aromatic hydroxyl groups is 1. The lowest BCUT2D eigenvalue weighted by atomic mass is 9.95. The smallest absolute Gasteiger partial charge is 0.338 e. The third-order valence-corrected chi connectivity index (χ3v) is 4.83. The van der Waals surface area contributed by atoms with Gasteiger partial charge in [0.1, 0.15) is 5.75 Å². The van der Waals surface area contributed by atoms with Crippen LogP contribution in [0.2, 0.25) is 0 Å². The van der Waals surface area contributed by atoms with Crippen LogP contribution in [0.1, 0.15) is 31.0 Å². The summed E-state index contributed by atoms with van der Waals surface area (Å²) >= 11 is 3.36. The van der Waals surface area contributed by atoms with E-state index in [2.05, 4.69) is 31.6 Å². The summed E-state index contributed by atoms with van der Waals surface area (Å²) in [5, 5.41) is 15.3. The molecule has 2 aromatic carbocycles. The molecule has 1 atom stereocenters. The van der Waals surface area contributed by atoms with Gasteiger partial charge in [0.15, 0.2) is 0 Å². The monoisotopic (exact) mass is 457 g/mol. The first-order valence-electron chi connectivity index (χ1n) is 8.97. The molecule has 1 aliphatic heterocycles. The maximum absolute atomic E-state index is 12.4. The molecule has 0 aliphatic carbocycles. The van der Waals surface area contributed by atoms with Gasteiger partial charge >= 0.3 is 12.0 Å². The molecule has 0 radical (unpaired) electrons. The van der Waals surface area contributed by atoms with Gasteiger partial charge in [-0.25, -0.2) is 9.59 Å². The Morgan fingerprint density at radius 1 is 1.28 bits per heavy atom. The fourth-order valence-corrected chi connectivity index (χ4v) is 3.33. The predicted molar refractivity (Wildman–Crippen MR) is 113 cm³/mol. The van der Waals surface area contributed by atoms with Crippen LogP contribution in [0.25, 0.3) is 0 Å². The Balaban J connectivity index is 1.85. The van der Waals surface area contributed by atoms with Crippen molar-refractivity contribution >= 4 is 39.8 Å². The topological polar surface area (TPSA) is 100 Å². The molecule has 29 heavy (non-hydrogen) atoms. The fraction of sp³-hybridized carbons (Fsp3) is 0.190. The van der Waals surface area contributed by atoms with Gasteiger partial charge in [-0.1, -0.05) is 28.1 Å². The normalized spacial score (nSPS) is 16.5. The van der Waals surface area contributed by atoms with Crippen LogP contribution in [0.5, 0.6) is 5.75 Å². The van der Waals surface area contributed by atoms with Gasteiger partial charge in [0.25, 0.3) is 0 Å². The number of amides is 2. The number of carbonyl (C=O) groups excluding carboxylic acids is 2. The summed E-state index contributed by atoms with van der Waals surface area (Å²) in [5.74, 6) is -0.347. The van der Waals surface area contributed by atoms with Gasteiger partial charge in [-0.15, -0.1) is 0 Å². The number of esters is 1. The third kappa shape index (κ3) is 4.83. The summed E-state index contributed by atoms with van der Waals surface area (Å²) < 4.78 is 5.97. The molecule has 7 nitrogen and oxygen atoms in total.